The normalized spacial score (nSPS) is 25.6. The predicted octanol–water partition coefficient (Wildman–Crippen LogP) is 2.57. The molecule has 0 aromatic carbocycles. The highest BCUT2D eigenvalue weighted by molar-refractivity contribution is 5.46. The van der Waals surface area contributed by atoms with Crippen molar-refractivity contribution in [1.29, 1.82) is 0 Å². The van der Waals surface area contributed by atoms with Crippen molar-refractivity contribution in [3.8, 4) is 0 Å². The fraction of sp³-hybridized carbons (Fsp3) is 0.667. The van der Waals surface area contributed by atoms with Gasteiger partial charge in [-0.3, -0.25) is 4.90 Å². The second kappa shape index (κ2) is 5.87. The highest BCUT2D eigenvalue weighted by Gasteiger charge is 2.36. The molecule has 4 heterocycles. The number of nitrogens with zero attached hydrogens (tertiary/aromatic N) is 5. The fourth-order valence-electron chi connectivity index (χ4n) is 3.88. The summed E-state index contributed by atoms with van der Waals surface area (Å²) in [5.41, 5.74) is -0.943. The van der Waals surface area contributed by atoms with E-state index in [-0.39, 0.29) is 11.8 Å². The molecule has 2 unspecified atom stereocenters. The standard InChI is InChI=1S/C15H19F3N6/c16-15(17,18)12-8-13(24-14(22-12)19-9-20-24)21-10-4-3-7-23-6-2-1-5-11(10)23/h8-11,21H,1-7H2. The smallest absolute Gasteiger partial charge is 0.366 e. The third-order valence-electron chi connectivity index (χ3n) is 4.96. The Morgan fingerprint density at radius 2 is 1.96 bits per heavy atom. The Labute approximate surface area is 137 Å². The zero-order valence-corrected chi connectivity index (χ0v) is 13.1. The lowest BCUT2D eigenvalue weighted by atomic mass is 9.89. The van der Waals surface area contributed by atoms with Gasteiger partial charge in [0.2, 0.25) is 0 Å². The molecule has 0 amide bonds. The maximum absolute atomic E-state index is 13.1. The van der Waals surface area contributed by atoms with Crippen LogP contribution in [0.4, 0.5) is 19.0 Å². The van der Waals surface area contributed by atoms with Crippen LogP contribution in [-0.4, -0.2) is 49.7 Å². The zero-order chi connectivity index (χ0) is 16.7. The molecule has 6 nitrogen and oxygen atoms in total. The van der Waals surface area contributed by atoms with E-state index in [2.05, 4.69) is 25.3 Å². The Hall–Kier alpha value is -1.90. The van der Waals surface area contributed by atoms with E-state index >= 15 is 0 Å². The zero-order valence-electron chi connectivity index (χ0n) is 13.1. The molecule has 0 saturated carbocycles. The molecule has 0 spiro atoms. The maximum Gasteiger partial charge on any atom is 0.433 e. The molecule has 0 bridgehead atoms. The van der Waals surface area contributed by atoms with E-state index in [1.807, 2.05) is 0 Å². The van der Waals surface area contributed by atoms with Gasteiger partial charge >= 0.3 is 6.18 Å². The van der Waals surface area contributed by atoms with Crippen molar-refractivity contribution in [2.24, 2.45) is 0 Å². The number of hydrogen-bond acceptors (Lipinski definition) is 5. The molecule has 4 rings (SSSR count). The van der Waals surface area contributed by atoms with Gasteiger partial charge in [-0.1, -0.05) is 6.42 Å². The lowest BCUT2D eigenvalue weighted by Gasteiger charge is -2.44. The highest BCUT2D eigenvalue weighted by Crippen LogP contribution is 2.32. The van der Waals surface area contributed by atoms with Crippen LogP contribution >= 0.6 is 0 Å². The molecule has 9 heteroatoms. The molecule has 2 saturated heterocycles. The van der Waals surface area contributed by atoms with Gasteiger partial charge in [0.15, 0.2) is 5.69 Å². The molecule has 2 fully saturated rings. The van der Waals surface area contributed by atoms with Gasteiger partial charge in [-0.2, -0.15) is 27.8 Å². The number of fused-ring (bicyclic) bond motifs is 2. The van der Waals surface area contributed by atoms with Crippen LogP contribution < -0.4 is 5.32 Å². The van der Waals surface area contributed by atoms with Crippen LogP contribution in [0.5, 0.6) is 0 Å². The van der Waals surface area contributed by atoms with Gasteiger partial charge in [0.1, 0.15) is 12.1 Å². The van der Waals surface area contributed by atoms with E-state index in [1.165, 1.54) is 23.7 Å². The van der Waals surface area contributed by atoms with Gasteiger partial charge in [-0.15, -0.1) is 0 Å². The summed E-state index contributed by atoms with van der Waals surface area (Å²) in [6, 6.07) is 1.52. The van der Waals surface area contributed by atoms with Crippen LogP contribution in [-0.2, 0) is 6.18 Å². The number of anilines is 1. The number of hydrogen-bond donors (Lipinski definition) is 1. The van der Waals surface area contributed by atoms with Crippen LogP contribution in [0.15, 0.2) is 12.4 Å². The van der Waals surface area contributed by atoms with Crippen LogP contribution in [0, 0.1) is 0 Å². The first kappa shape index (κ1) is 15.6. The van der Waals surface area contributed by atoms with Crippen molar-refractivity contribution in [1.82, 2.24) is 24.5 Å². The van der Waals surface area contributed by atoms with E-state index in [0.29, 0.717) is 11.9 Å². The van der Waals surface area contributed by atoms with Crippen molar-refractivity contribution in [2.75, 3.05) is 18.4 Å². The first-order valence-electron chi connectivity index (χ1n) is 8.31. The molecule has 130 valence electrons. The van der Waals surface area contributed by atoms with Gasteiger partial charge in [-0.25, -0.2) is 4.98 Å². The van der Waals surface area contributed by atoms with Crippen LogP contribution in [0.2, 0.25) is 0 Å². The number of piperidine rings is 2. The molecule has 24 heavy (non-hydrogen) atoms. The minimum atomic E-state index is -4.51. The Bertz CT molecular complexity index is 726. The minimum absolute atomic E-state index is 0.0383. The molecule has 0 aliphatic carbocycles. The average molecular weight is 340 g/mol. The summed E-state index contributed by atoms with van der Waals surface area (Å²) in [6.07, 6.45) is 2.16. The minimum Gasteiger partial charge on any atom is -0.366 e. The molecular formula is C15H19F3N6. The largest absolute Gasteiger partial charge is 0.433 e. The molecular weight excluding hydrogens is 321 g/mol. The van der Waals surface area contributed by atoms with Gasteiger partial charge in [0.05, 0.1) is 0 Å². The molecule has 0 radical (unpaired) electrons. The van der Waals surface area contributed by atoms with Gasteiger partial charge in [-0.05, 0) is 38.8 Å². The second-order valence-corrected chi connectivity index (χ2v) is 6.49. The van der Waals surface area contributed by atoms with E-state index in [4.69, 9.17) is 0 Å². The predicted molar refractivity (Wildman–Crippen MR) is 81.6 cm³/mol. The molecule has 2 aliphatic heterocycles. The summed E-state index contributed by atoms with van der Waals surface area (Å²) in [4.78, 5) is 9.83. The molecule has 2 aromatic heterocycles. The van der Waals surface area contributed by atoms with E-state index < -0.39 is 11.9 Å². The lowest BCUT2D eigenvalue weighted by molar-refractivity contribution is -0.141. The van der Waals surface area contributed by atoms with E-state index in [9.17, 15) is 13.2 Å². The van der Waals surface area contributed by atoms with Crippen molar-refractivity contribution >= 4 is 11.6 Å². The van der Waals surface area contributed by atoms with E-state index in [0.717, 1.165) is 38.4 Å². The van der Waals surface area contributed by atoms with Crippen molar-refractivity contribution in [2.45, 2.75) is 50.4 Å². The van der Waals surface area contributed by atoms with Gasteiger partial charge in [0.25, 0.3) is 5.78 Å². The summed E-state index contributed by atoms with van der Waals surface area (Å²) in [5.74, 6) is 0.269. The number of alkyl halides is 3. The third-order valence-corrected chi connectivity index (χ3v) is 4.96. The summed E-state index contributed by atoms with van der Waals surface area (Å²) in [6.45, 7) is 2.15. The maximum atomic E-state index is 13.1. The number of halogens is 3. The summed E-state index contributed by atoms with van der Waals surface area (Å²) in [7, 11) is 0. The second-order valence-electron chi connectivity index (χ2n) is 6.49. The van der Waals surface area contributed by atoms with Crippen LogP contribution in [0.25, 0.3) is 5.78 Å². The molecule has 2 aromatic rings. The van der Waals surface area contributed by atoms with E-state index in [1.54, 1.807) is 0 Å². The van der Waals surface area contributed by atoms with Crippen molar-refractivity contribution in [3.05, 3.63) is 18.1 Å². The molecule has 2 atom stereocenters. The Morgan fingerprint density at radius 3 is 2.79 bits per heavy atom. The lowest BCUT2D eigenvalue weighted by Crippen LogP contribution is -2.53. The SMILES string of the molecule is FC(F)(F)c1cc(NC2CCCN3CCCCC23)n2ncnc2n1. The Kier molecular flexibility index (Phi) is 3.82. The van der Waals surface area contributed by atoms with Crippen LogP contribution in [0.3, 0.4) is 0 Å². The molecule has 2 aliphatic rings. The van der Waals surface area contributed by atoms with Crippen molar-refractivity contribution < 1.29 is 13.2 Å². The summed E-state index contributed by atoms with van der Waals surface area (Å²) >= 11 is 0. The number of aromatic nitrogens is 4. The monoisotopic (exact) mass is 340 g/mol. The first-order chi connectivity index (χ1) is 11.5. The molecule has 1 N–H and O–H groups in total. The highest BCUT2D eigenvalue weighted by atomic mass is 19.4. The third kappa shape index (κ3) is 2.81. The summed E-state index contributed by atoms with van der Waals surface area (Å²) < 4.78 is 40.6. The number of rotatable bonds is 2. The van der Waals surface area contributed by atoms with Crippen LogP contribution in [0.1, 0.15) is 37.8 Å². The van der Waals surface area contributed by atoms with Gasteiger partial charge < -0.3 is 5.32 Å². The average Bonchev–Trinajstić information content (AvgIpc) is 3.03. The summed E-state index contributed by atoms with van der Waals surface area (Å²) in [5, 5.41) is 7.31. The van der Waals surface area contributed by atoms with Gasteiger partial charge in [0, 0.05) is 18.2 Å². The Morgan fingerprint density at radius 1 is 1.12 bits per heavy atom. The topological polar surface area (TPSA) is 58.4 Å². The fourth-order valence-corrected chi connectivity index (χ4v) is 3.88. The quantitative estimate of drug-likeness (QED) is 0.911. The number of nitrogens with one attached hydrogen (secondary N) is 1. The Balaban J connectivity index is 1.67. The first-order valence-corrected chi connectivity index (χ1v) is 8.31. The van der Waals surface area contributed by atoms with Crippen molar-refractivity contribution in [3.63, 3.8) is 0 Å².